The number of fused-ring (bicyclic) bond motifs is 8. The van der Waals surface area contributed by atoms with Crippen molar-refractivity contribution in [3.63, 3.8) is 0 Å². The van der Waals surface area contributed by atoms with Crippen LogP contribution < -0.4 is 10.9 Å². The first-order chi connectivity index (χ1) is 19.0. The molecular weight excluding hydrogens is 475 g/mol. The molecule has 4 nitrogen and oxygen atoms in total. The Morgan fingerprint density at radius 3 is 2.13 bits per heavy atom. The van der Waals surface area contributed by atoms with Gasteiger partial charge in [-0.05, 0) is 80.1 Å². The molecule has 0 atom stereocenters. The molecule has 4 heterocycles. The second kappa shape index (κ2) is 7.62. The van der Waals surface area contributed by atoms with E-state index in [0.717, 1.165) is 33.0 Å². The third kappa shape index (κ3) is 2.76. The molecule has 0 bridgehead atoms. The first-order valence-corrected chi connectivity index (χ1v) is 13.4. The highest BCUT2D eigenvalue weighted by atomic mass is 15.0. The summed E-state index contributed by atoms with van der Waals surface area (Å²) < 4.78 is 4.87. The molecule has 0 saturated heterocycles. The van der Waals surface area contributed by atoms with Crippen molar-refractivity contribution in [1.29, 1.82) is 5.26 Å². The number of aryl methyl sites for hydroxylation is 4. The fourth-order valence-electron chi connectivity index (χ4n) is 7.29. The number of aromatic nitrogens is 3. The van der Waals surface area contributed by atoms with Gasteiger partial charge in [0.25, 0.3) is 0 Å². The van der Waals surface area contributed by atoms with Gasteiger partial charge in [0, 0.05) is 50.7 Å². The number of para-hydroxylation sites is 1. The second-order valence-corrected chi connectivity index (χ2v) is 11.1. The molecule has 0 aliphatic carbocycles. The highest BCUT2D eigenvalue weighted by molar-refractivity contribution is 6.88. The Morgan fingerprint density at radius 1 is 0.744 bits per heavy atom. The molecule has 1 aliphatic heterocycles. The largest absolute Gasteiger partial charge is 0.375 e. The van der Waals surface area contributed by atoms with Gasteiger partial charge in [-0.15, -0.1) is 0 Å². The quantitative estimate of drug-likeness (QED) is 0.246. The third-order valence-electron chi connectivity index (χ3n) is 8.56. The van der Waals surface area contributed by atoms with Crippen LogP contribution in [0.1, 0.15) is 27.8 Å². The summed E-state index contributed by atoms with van der Waals surface area (Å²) in [5.74, 6) is 0. The maximum absolute atomic E-state index is 10.5. The van der Waals surface area contributed by atoms with Gasteiger partial charge in [0.2, 0.25) is 0 Å². The number of benzene rings is 4. The van der Waals surface area contributed by atoms with Crippen molar-refractivity contribution in [2.75, 3.05) is 0 Å². The average molecular weight is 500 g/mol. The fraction of sp³-hybridized carbons (Fsp3) is 0.118. The maximum atomic E-state index is 10.5. The van der Waals surface area contributed by atoms with E-state index in [9.17, 15) is 5.26 Å². The molecule has 3 aromatic heterocycles. The highest BCUT2D eigenvalue weighted by Gasteiger charge is 2.38. The van der Waals surface area contributed by atoms with Crippen LogP contribution in [0.15, 0.2) is 79.1 Å². The van der Waals surface area contributed by atoms with E-state index in [1.54, 1.807) is 0 Å². The van der Waals surface area contributed by atoms with Gasteiger partial charge in [-0.2, -0.15) is 5.26 Å². The third-order valence-corrected chi connectivity index (χ3v) is 8.56. The van der Waals surface area contributed by atoms with Gasteiger partial charge in [-0.1, -0.05) is 47.5 Å². The lowest BCUT2D eigenvalue weighted by Gasteiger charge is -2.29. The van der Waals surface area contributed by atoms with Crippen molar-refractivity contribution < 1.29 is 0 Å². The Balaban J connectivity index is 1.66. The Kier molecular flexibility index (Phi) is 4.33. The Hall–Kier alpha value is -4.82. The van der Waals surface area contributed by atoms with Crippen molar-refractivity contribution in [1.82, 2.24) is 14.0 Å². The van der Waals surface area contributed by atoms with Crippen molar-refractivity contribution in [2.45, 2.75) is 27.7 Å². The summed E-state index contributed by atoms with van der Waals surface area (Å²) in [6.45, 7) is 8.63. The minimum atomic E-state index is -0.160. The molecule has 7 aromatic rings. The molecular formula is C34H25BN4. The number of rotatable bonds is 1. The van der Waals surface area contributed by atoms with Crippen LogP contribution in [-0.2, 0) is 0 Å². The lowest BCUT2D eigenvalue weighted by atomic mass is 9.47. The maximum Gasteiger partial charge on any atom is 0.333 e. The van der Waals surface area contributed by atoms with E-state index in [4.69, 9.17) is 0 Å². The molecule has 39 heavy (non-hydrogen) atoms. The Morgan fingerprint density at radius 2 is 1.44 bits per heavy atom. The van der Waals surface area contributed by atoms with Crippen LogP contribution in [0.2, 0.25) is 0 Å². The van der Waals surface area contributed by atoms with Crippen LogP contribution in [-0.4, -0.2) is 20.9 Å². The number of hydrogen-bond donors (Lipinski definition) is 0. The molecule has 4 aromatic carbocycles. The summed E-state index contributed by atoms with van der Waals surface area (Å²) in [6, 6.07) is 26.6. The zero-order valence-electron chi connectivity index (χ0n) is 22.4. The summed E-state index contributed by atoms with van der Waals surface area (Å²) >= 11 is 0. The molecule has 0 unspecified atom stereocenters. The first-order valence-electron chi connectivity index (χ1n) is 13.4. The summed E-state index contributed by atoms with van der Waals surface area (Å²) in [5.41, 5.74) is 13.8. The summed E-state index contributed by atoms with van der Waals surface area (Å²) in [6.07, 6.45) is 3.81. The predicted octanol–water partition coefficient (Wildman–Crippen LogP) is 6.36. The van der Waals surface area contributed by atoms with Gasteiger partial charge in [0.15, 0.2) is 0 Å². The zero-order valence-corrected chi connectivity index (χ0v) is 22.4. The van der Waals surface area contributed by atoms with Gasteiger partial charge >= 0.3 is 6.85 Å². The van der Waals surface area contributed by atoms with Crippen LogP contribution >= 0.6 is 0 Å². The van der Waals surface area contributed by atoms with Gasteiger partial charge in [-0.3, -0.25) is 4.98 Å². The molecule has 8 rings (SSSR count). The van der Waals surface area contributed by atoms with E-state index in [0.29, 0.717) is 5.56 Å². The van der Waals surface area contributed by atoms with E-state index >= 15 is 0 Å². The molecule has 0 saturated carbocycles. The monoisotopic (exact) mass is 500 g/mol. The van der Waals surface area contributed by atoms with E-state index in [1.165, 1.54) is 49.5 Å². The Bertz CT molecular complexity index is 2180. The second-order valence-electron chi connectivity index (χ2n) is 11.1. The number of hydrogen-bond acceptors (Lipinski definition) is 2. The van der Waals surface area contributed by atoms with Crippen LogP contribution in [0, 0.1) is 39.0 Å². The van der Waals surface area contributed by atoms with Crippen molar-refractivity contribution in [3.05, 3.63) is 107 Å². The molecule has 1 aliphatic rings. The van der Waals surface area contributed by atoms with Gasteiger partial charge in [0.05, 0.1) is 22.7 Å². The van der Waals surface area contributed by atoms with Crippen LogP contribution in [0.3, 0.4) is 0 Å². The predicted molar refractivity (Wildman–Crippen MR) is 162 cm³/mol. The molecule has 0 fully saturated rings. The minimum absolute atomic E-state index is 0.160. The number of pyridine rings is 1. The first kappa shape index (κ1) is 22.2. The fourth-order valence-corrected chi connectivity index (χ4v) is 7.29. The zero-order chi connectivity index (χ0) is 26.6. The average Bonchev–Trinajstić information content (AvgIpc) is 3.43. The van der Waals surface area contributed by atoms with E-state index in [-0.39, 0.29) is 6.85 Å². The van der Waals surface area contributed by atoms with E-state index in [2.05, 4.69) is 108 Å². The minimum Gasteiger partial charge on any atom is -0.375 e. The molecule has 0 spiro atoms. The SMILES string of the molecule is Cc1cc(C)c2c(c1)c1cc(C)cc(C)c1n2B1c2ccccc2-n2c3ccncc3c3ccc(C#N)c1c32. The molecule has 0 amide bonds. The lowest BCUT2D eigenvalue weighted by molar-refractivity contribution is 1.17. The van der Waals surface area contributed by atoms with Crippen molar-refractivity contribution >= 4 is 61.4 Å². The normalized spacial score (nSPS) is 12.5. The molecule has 184 valence electrons. The smallest absolute Gasteiger partial charge is 0.333 e. The van der Waals surface area contributed by atoms with Gasteiger partial charge < -0.3 is 9.05 Å². The summed E-state index contributed by atoms with van der Waals surface area (Å²) in [7, 11) is 0. The highest BCUT2D eigenvalue weighted by Crippen LogP contribution is 2.38. The van der Waals surface area contributed by atoms with Gasteiger partial charge in [-0.25, -0.2) is 0 Å². The standard InChI is InChI=1S/C34H25BN4/c1-19-13-21(3)32-25(15-19)26-16-20(2)14-22(4)33(26)39(32)35-28-7-5-6-8-30(28)38-29-11-12-37-18-27(29)24-10-9-23(17-36)31(35)34(24)38/h5-16,18H,1-4H3. The van der Waals surface area contributed by atoms with Crippen LogP contribution in [0.25, 0.3) is 49.3 Å². The van der Waals surface area contributed by atoms with Crippen LogP contribution in [0.5, 0.6) is 0 Å². The Labute approximate surface area is 226 Å². The summed E-state index contributed by atoms with van der Waals surface area (Å²) in [4.78, 5) is 4.47. The van der Waals surface area contributed by atoms with E-state index in [1.807, 2.05) is 18.5 Å². The van der Waals surface area contributed by atoms with E-state index < -0.39 is 0 Å². The number of nitrogens with zero attached hydrogens (tertiary/aromatic N) is 4. The summed E-state index contributed by atoms with van der Waals surface area (Å²) in [5, 5.41) is 15.3. The topological polar surface area (TPSA) is 46.5 Å². The van der Waals surface area contributed by atoms with Crippen molar-refractivity contribution in [2.24, 2.45) is 0 Å². The van der Waals surface area contributed by atoms with Crippen molar-refractivity contribution in [3.8, 4) is 11.8 Å². The van der Waals surface area contributed by atoms with Crippen LogP contribution in [0.4, 0.5) is 0 Å². The molecule has 5 heteroatoms. The number of nitriles is 1. The molecule has 0 N–H and O–H groups in total. The van der Waals surface area contributed by atoms with Gasteiger partial charge in [0.1, 0.15) is 0 Å². The lowest BCUT2D eigenvalue weighted by Crippen LogP contribution is -2.54. The molecule has 0 radical (unpaired) electrons.